The Hall–Kier alpha value is -1.58. The summed E-state index contributed by atoms with van der Waals surface area (Å²) in [6.45, 7) is 0. The van der Waals surface area contributed by atoms with Gasteiger partial charge in [-0.3, -0.25) is 0 Å². The number of aliphatic carboxylic acids is 1. The maximum Gasteiger partial charge on any atom is 0.146 e. The molecular formula is C8H7FNO2-. The zero-order valence-corrected chi connectivity index (χ0v) is 6.21. The second-order valence-electron chi connectivity index (χ2n) is 2.40. The minimum absolute atomic E-state index is 0.0475. The van der Waals surface area contributed by atoms with Crippen LogP contribution in [0.2, 0.25) is 0 Å². The third kappa shape index (κ3) is 1.95. The standard InChI is InChI=1S/C8H8FNO2/c9-6-2-1-5(3-7(6)10)4-8(11)12/h1-3H,4,10H2,(H,11,12)/p-1. The van der Waals surface area contributed by atoms with Gasteiger partial charge in [0, 0.05) is 12.4 Å². The molecule has 0 atom stereocenters. The lowest BCUT2D eigenvalue weighted by Gasteiger charge is -2.03. The molecule has 1 rings (SSSR count). The van der Waals surface area contributed by atoms with Crippen LogP contribution >= 0.6 is 0 Å². The summed E-state index contributed by atoms with van der Waals surface area (Å²) in [5.41, 5.74) is 5.60. The van der Waals surface area contributed by atoms with E-state index in [4.69, 9.17) is 5.73 Å². The maximum atomic E-state index is 12.5. The van der Waals surface area contributed by atoms with Crippen molar-refractivity contribution in [2.45, 2.75) is 6.42 Å². The average molecular weight is 168 g/mol. The molecule has 0 unspecified atom stereocenters. The molecule has 3 nitrogen and oxygen atoms in total. The Labute approximate surface area is 68.6 Å². The van der Waals surface area contributed by atoms with E-state index in [-0.39, 0.29) is 12.1 Å². The molecule has 0 fully saturated rings. The van der Waals surface area contributed by atoms with Crippen molar-refractivity contribution in [1.29, 1.82) is 0 Å². The summed E-state index contributed by atoms with van der Waals surface area (Å²) >= 11 is 0. The first-order chi connectivity index (χ1) is 5.59. The summed E-state index contributed by atoms with van der Waals surface area (Å²) in [7, 11) is 0. The highest BCUT2D eigenvalue weighted by Crippen LogP contribution is 2.12. The molecule has 0 amide bonds. The Kier molecular flexibility index (Phi) is 2.28. The predicted molar refractivity (Wildman–Crippen MR) is 39.5 cm³/mol. The van der Waals surface area contributed by atoms with Gasteiger partial charge in [-0.25, -0.2) is 4.39 Å². The summed E-state index contributed by atoms with van der Waals surface area (Å²) in [5.74, 6) is -1.75. The first kappa shape index (κ1) is 8.52. The zero-order chi connectivity index (χ0) is 9.14. The van der Waals surface area contributed by atoms with Gasteiger partial charge in [-0.15, -0.1) is 0 Å². The van der Waals surface area contributed by atoms with Crippen molar-refractivity contribution in [3.8, 4) is 0 Å². The van der Waals surface area contributed by atoms with Gasteiger partial charge in [0.05, 0.1) is 5.69 Å². The topological polar surface area (TPSA) is 66.2 Å². The number of anilines is 1. The van der Waals surface area contributed by atoms with Gasteiger partial charge in [0.1, 0.15) is 5.82 Å². The number of nitrogens with two attached hydrogens (primary N) is 1. The number of carbonyl (C=O) groups excluding carboxylic acids is 1. The lowest BCUT2D eigenvalue weighted by molar-refractivity contribution is -0.304. The number of nitrogen functional groups attached to an aromatic ring is 1. The lowest BCUT2D eigenvalue weighted by atomic mass is 10.1. The van der Waals surface area contributed by atoms with E-state index in [9.17, 15) is 14.3 Å². The molecule has 0 aliphatic carbocycles. The van der Waals surface area contributed by atoms with Crippen LogP contribution in [0, 0.1) is 5.82 Å². The van der Waals surface area contributed by atoms with Crippen molar-refractivity contribution in [2.75, 3.05) is 5.73 Å². The monoisotopic (exact) mass is 168 g/mol. The van der Waals surface area contributed by atoms with E-state index >= 15 is 0 Å². The number of carboxylic acid groups (broad SMARTS) is 1. The number of rotatable bonds is 2. The average Bonchev–Trinajstić information content (AvgIpc) is 1.96. The van der Waals surface area contributed by atoms with E-state index in [1.54, 1.807) is 0 Å². The summed E-state index contributed by atoms with van der Waals surface area (Å²) in [5, 5.41) is 10.1. The SMILES string of the molecule is Nc1cc(CC(=O)[O-])ccc1F. The minimum atomic E-state index is -1.21. The Morgan fingerprint density at radius 1 is 1.58 bits per heavy atom. The predicted octanol–water partition coefficient (Wildman–Crippen LogP) is -0.300. The molecule has 0 aliphatic heterocycles. The van der Waals surface area contributed by atoms with Crippen molar-refractivity contribution >= 4 is 11.7 Å². The highest BCUT2D eigenvalue weighted by Gasteiger charge is 1.99. The second-order valence-corrected chi connectivity index (χ2v) is 2.40. The van der Waals surface area contributed by atoms with Crippen LogP contribution in [0.4, 0.5) is 10.1 Å². The smallest absolute Gasteiger partial charge is 0.146 e. The van der Waals surface area contributed by atoms with Crippen LogP contribution in [-0.4, -0.2) is 5.97 Å². The largest absolute Gasteiger partial charge is 0.550 e. The zero-order valence-electron chi connectivity index (χ0n) is 6.21. The highest BCUT2D eigenvalue weighted by molar-refractivity contribution is 5.68. The Balaban J connectivity index is 2.89. The number of benzene rings is 1. The van der Waals surface area contributed by atoms with Crippen LogP contribution in [0.25, 0.3) is 0 Å². The van der Waals surface area contributed by atoms with Crippen molar-refractivity contribution in [1.82, 2.24) is 0 Å². The molecule has 1 aromatic carbocycles. The van der Waals surface area contributed by atoms with Gasteiger partial charge in [0.25, 0.3) is 0 Å². The third-order valence-corrected chi connectivity index (χ3v) is 1.41. The molecule has 0 saturated heterocycles. The van der Waals surface area contributed by atoms with Crippen molar-refractivity contribution in [2.24, 2.45) is 0 Å². The van der Waals surface area contributed by atoms with E-state index in [2.05, 4.69) is 0 Å². The molecule has 2 N–H and O–H groups in total. The Bertz CT molecular complexity index is 312. The second kappa shape index (κ2) is 3.21. The fourth-order valence-electron chi connectivity index (χ4n) is 0.870. The van der Waals surface area contributed by atoms with Crippen LogP contribution < -0.4 is 10.8 Å². The number of hydrogen-bond acceptors (Lipinski definition) is 3. The molecule has 0 saturated carbocycles. The third-order valence-electron chi connectivity index (χ3n) is 1.41. The molecule has 0 spiro atoms. The maximum absolute atomic E-state index is 12.5. The van der Waals surface area contributed by atoms with E-state index < -0.39 is 11.8 Å². The summed E-state index contributed by atoms with van der Waals surface area (Å²) in [6.07, 6.45) is -0.246. The fourth-order valence-corrected chi connectivity index (χ4v) is 0.870. The minimum Gasteiger partial charge on any atom is -0.550 e. The molecule has 0 aromatic heterocycles. The van der Waals surface area contributed by atoms with Crippen LogP contribution in [-0.2, 0) is 11.2 Å². The molecule has 64 valence electrons. The van der Waals surface area contributed by atoms with Crippen molar-refractivity contribution < 1.29 is 14.3 Å². The number of hydrogen-bond donors (Lipinski definition) is 1. The number of halogens is 1. The normalized spacial score (nSPS) is 9.75. The van der Waals surface area contributed by atoms with E-state index in [0.29, 0.717) is 5.56 Å². The van der Waals surface area contributed by atoms with Gasteiger partial charge in [-0.05, 0) is 17.7 Å². The van der Waals surface area contributed by atoms with E-state index in [1.807, 2.05) is 0 Å². The van der Waals surface area contributed by atoms with Crippen LogP contribution in [0.1, 0.15) is 5.56 Å². The molecular weight excluding hydrogens is 161 g/mol. The highest BCUT2D eigenvalue weighted by atomic mass is 19.1. The van der Waals surface area contributed by atoms with Gasteiger partial charge in [-0.2, -0.15) is 0 Å². The van der Waals surface area contributed by atoms with E-state index in [1.165, 1.54) is 12.1 Å². The summed E-state index contributed by atoms with van der Waals surface area (Å²) in [4.78, 5) is 10.1. The number of carbonyl (C=O) groups is 1. The quantitative estimate of drug-likeness (QED) is 0.616. The van der Waals surface area contributed by atoms with Gasteiger partial charge in [0.2, 0.25) is 0 Å². The molecule has 0 bridgehead atoms. The molecule has 0 aliphatic rings. The molecule has 1 aromatic rings. The lowest BCUT2D eigenvalue weighted by Crippen LogP contribution is -2.24. The Morgan fingerprint density at radius 2 is 2.25 bits per heavy atom. The molecule has 12 heavy (non-hydrogen) atoms. The molecule has 4 heteroatoms. The van der Waals surface area contributed by atoms with Crippen molar-refractivity contribution in [3.63, 3.8) is 0 Å². The van der Waals surface area contributed by atoms with E-state index in [0.717, 1.165) is 6.07 Å². The van der Waals surface area contributed by atoms with Gasteiger partial charge >= 0.3 is 0 Å². The molecule has 0 heterocycles. The number of carboxylic acids is 1. The van der Waals surface area contributed by atoms with Crippen LogP contribution in [0.3, 0.4) is 0 Å². The fraction of sp³-hybridized carbons (Fsp3) is 0.125. The first-order valence-electron chi connectivity index (χ1n) is 3.33. The summed E-state index contributed by atoms with van der Waals surface area (Å²) < 4.78 is 12.5. The van der Waals surface area contributed by atoms with Gasteiger partial charge in [-0.1, -0.05) is 6.07 Å². The summed E-state index contributed by atoms with van der Waals surface area (Å²) in [6, 6.07) is 3.78. The van der Waals surface area contributed by atoms with Crippen LogP contribution in [0.5, 0.6) is 0 Å². The first-order valence-corrected chi connectivity index (χ1v) is 3.33. The van der Waals surface area contributed by atoms with Crippen molar-refractivity contribution in [3.05, 3.63) is 29.6 Å². The van der Waals surface area contributed by atoms with Gasteiger partial charge < -0.3 is 15.6 Å². The molecule has 0 radical (unpaired) electrons. The van der Waals surface area contributed by atoms with Gasteiger partial charge in [0.15, 0.2) is 0 Å². The Morgan fingerprint density at radius 3 is 2.75 bits per heavy atom. The van der Waals surface area contributed by atoms with Crippen LogP contribution in [0.15, 0.2) is 18.2 Å².